The van der Waals surface area contributed by atoms with Crippen molar-refractivity contribution in [2.24, 2.45) is 0 Å². The highest BCUT2D eigenvalue weighted by atomic mass is 35.5. The third-order valence-electron chi connectivity index (χ3n) is 2.68. The quantitative estimate of drug-likeness (QED) is 0.876. The molecule has 0 bridgehead atoms. The number of thiazole rings is 1. The Hall–Kier alpha value is -1.13. The van der Waals surface area contributed by atoms with Gasteiger partial charge in [-0.25, -0.2) is 9.37 Å². The number of anilines is 1. The highest BCUT2D eigenvalue weighted by Gasteiger charge is 2.17. The Morgan fingerprint density at radius 1 is 1.37 bits per heavy atom. The number of aromatic nitrogens is 1. The lowest BCUT2D eigenvalue weighted by Crippen LogP contribution is -2.11. The van der Waals surface area contributed by atoms with Crippen molar-refractivity contribution in [2.45, 2.75) is 32.7 Å². The summed E-state index contributed by atoms with van der Waals surface area (Å²) < 4.78 is 13.0. The second-order valence-corrected chi connectivity index (χ2v) is 6.71. The molecule has 0 aliphatic heterocycles. The smallest absolute Gasteiger partial charge is 0.141 e. The number of hydrogen-bond donors (Lipinski definition) is 1. The van der Waals surface area contributed by atoms with E-state index in [-0.39, 0.29) is 10.4 Å². The molecule has 1 heterocycles. The summed E-state index contributed by atoms with van der Waals surface area (Å²) >= 11 is 7.35. The summed E-state index contributed by atoms with van der Waals surface area (Å²) in [6, 6.07) is 4.60. The molecule has 2 rings (SSSR count). The Morgan fingerprint density at radius 2 is 2.11 bits per heavy atom. The van der Waals surface area contributed by atoms with Gasteiger partial charge < -0.3 is 5.32 Å². The summed E-state index contributed by atoms with van der Waals surface area (Å²) in [5.41, 5.74) is 1.94. The minimum atomic E-state index is -0.406. The van der Waals surface area contributed by atoms with Crippen molar-refractivity contribution < 1.29 is 4.39 Å². The molecule has 0 unspecified atom stereocenters. The summed E-state index contributed by atoms with van der Waals surface area (Å²) in [5.74, 6) is -0.406. The van der Waals surface area contributed by atoms with E-state index in [9.17, 15) is 4.39 Å². The van der Waals surface area contributed by atoms with Gasteiger partial charge in [-0.05, 0) is 18.2 Å². The molecule has 0 aliphatic rings. The molecule has 0 spiro atoms. The predicted molar refractivity (Wildman–Crippen MR) is 79.6 cm³/mol. The third kappa shape index (κ3) is 3.67. The molecule has 0 atom stereocenters. The maximum atomic E-state index is 13.0. The van der Waals surface area contributed by atoms with Crippen molar-refractivity contribution >= 4 is 28.6 Å². The van der Waals surface area contributed by atoms with Gasteiger partial charge in [0.2, 0.25) is 0 Å². The van der Waals surface area contributed by atoms with Gasteiger partial charge in [-0.15, -0.1) is 11.3 Å². The molecular formula is C14H16ClFN2S. The van der Waals surface area contributed by atoms with Crippen molar-refractivity contribution in [2.75, 3.05) is 5.32 Å². The molecule has 1 aromatic heterocycles. The first-order valence-corrected chi connectivity index (χ1v) is 7.26. The first-order chi connectivity index (χ1) is 8.86. The Labute approximate surface area is 121 Å². The number of nitrogens with zero attached hydrogens (tertiary/aromatic N) is 1. The molecule has 2 aromatic rings. The largest absolute Gasteiger partial charge is 0.378 e. The average molecular weight is 299 g/mol. The summed E-state index contributed by atoms with van der Waals surface area (Å²) in [4.78, 5) is 4.59. The SMILES string of the molecule is CC(C)(C)c1csc(CNc2ccc(F)c(Cl)c2)n1. The first kappa shape index (κ1) is 14.3. The van der Waals surface area contributed by atoms with E-state index in [4.69, 9.17) is 11.6 Å². The van der Waals surface area contributed by atoms with E-state index in [1.54, 1.807) is 23.5 Å². The normalized spacial score (nSPS) is 11.6. The van der Waals surface area contributed by atoms with Crippen LogP contribution in [-0.4, -0.2) is 4.98 Å². The van der Waals surface area contributed by atoms with Crippen LogP contribution in [0.1, 0.15) is 31.5 Å². The molecule has 1 aromatic carbocycles. The lowest BCUT2D eigenvalue weighted by molar-refractivity contribution is 0.571. The molecule has 102 valence electrons. The number of benzene rings is 1. The molecule has 5 heteroatoms. The van der Waals surface area contributed by atoms with Gasteiger partial charge in [0.1, 0.15) is 10.8 Å². The number of halogens is 2. The second kappa shape index (κ2) is 5.47. The summed E-state index contributed by atoms with van der Waals surface area (Å²) in [5, 5.41) is 6.40. The van der Waals surface area contributed by atoms with Gasteiger partial charge in [0.05, 0.1) is 17.3 Å². The molecule has 1 N–H and O–H groups in total. The number of hydrogen-bond acceptors (Lipinski definition) is 3. The maximum Gasteiger partial charge on any atom is 0.141 e. The fraction of sp³-hybridized carbons (Fsp3) is 0.357. The van der Waals surface area contributed by atoms with Crippen LogP contribution in [0, 0.1) is 5.82 Å². The van der Waals surface area contributed by atoms with Crippen LogP contribution < -0.4 is 5.32 Å². The maximum absolute atomic E-state index is 13.0. The van der Waals surface area contributed by atoms with Gasteiger partial charge in [-0.3, -0.25) is 0 Å². The van der Waals surface area contributed by atoms with Gasteiger partial charge in [0, 0.05) is 16.5 Å². The van der Waals surface area contributed by atoms with Crippen molar-refractivity contribution in [3.05, 3.63) is 45.1 Å². The van der Waals surface area contributed by atoms with Crippen LogP contribution in [0.25, 0.3) is 0 Å². The van der Waals surface area contributed by atoms with E-state index in [2.05, 4.69) is 36.5 Å². The average Bonchev–Trinajstić information content (AvgIpc) is 2.79. The van der Waals surface area contributed by atoms with Crippen molar-refractivity contribution in [1.82, 2.24) is 4.98 Å². The van der Waals surface area contributed by atoms with E-state index in [1.165, 1.54) is 6.07 Å². The van der Waals surface area contributed by atoms with Crippen LogP contribution in [0.5, 0.6) is 0 Å². The highest BCUT2D eigenvalue weighted by Crippen LogP contribution is 2.25. The topological polar surface area (TPSA) is 24.9 Å². The van der Waals surface area contributed by atoms with Crippen LogP contribution in [0.4, 0.5) is 10.1 Å². The standard InChI is InChI=1S/C14H16ClFN2S/c1-14(2,3)12-8-19-13(18-12)7-17-9-4-5-11(16)10(15)6-9/h4-6,8,17H,7H2,1-3H3. The minimum Gasteiger partial charge on any atom is -0.378 e. The Morgan fingerprint density at radius 3 is 2.68 bits per heavy atom. The van der Waals surface area contributed by atoms with Crippen molar-refractivity contribution in [3.63, 3.8) is 0 Å². The fourth-order valence-corrected chi connectivity index (χ4v) is 2.66. The Kier molecular flexibility index (Phi) is 4.11. The van der Waals surface area contributed by atoms with Crippen LogP contribution in [0.2, 0.25) is 5.02 Å². The summed E-state index contributed by atoms with van der Waals surface area (Å²) in [7, 11) is 0. The molecular weight excluding hydrogens is 283 g/mol. The van der Waals surface area contributed by atoms with Gasteiger partial charge in [0.15, 0.2) is 0 Å². The molecule has 19 heavy (non-hydrogen) atoms. The Balaban J connectivity index is 2.02. The summed E-state index contributed by atoms with van der Waals surface area (Å²) in [6.07, 6.45) is 0. The summed E-state index contributed by atoms with van der Waals surface area (Å²) in [6.45, 7) is 7.03. The van der Waals surface area contributed by atoms with E-state index >= 15 is 0 Å². The molecule has 0 saturated carbocycles. The molecule has 0 fully saturated rings. The fourth-order valence-electron chi connectivity index (χ4n) is 1.52. The monoisotopic (exact) mass is 298 g/mol. The van der Waals surface area contributed by atoms with Gasteiger partial charge in [-0.2, -0.15) is 0 Å². The molecule has 0 amide bonds. The van der Waals surface area contributed by atoms with E-state index in [1.807, 2.05) is 0 Å². The molecule has 2 nitrogen and oxygen atoms in total. The zero-order valence-corrected chi connectivity index (χ0v) is 12.7. The van der Waals surface area contributed by atoms with Gasteiger partial charge in [0.25, 0.3) is 0 Å². The lowest BCUT2D eigenvalue weighted by atomic mass is 9.93. The number of rotatable bonds is 3. The molecule has 0 aliphatic carbocycles. The predicted octanol–water partition coefficient (Wildman–Crippen LogP) is 4.85. The molecule has 0 saturated heterocycles. The van der Waals surface area contributed by atoms with Crippen LogP contribution in [-0.2, 0) is 12.0 Å². The second-order valence-electron chi connectivity index (χ2n) is 5.36. The van der Waals surface area contributed by atoms with Crippen LogP contribution >= 0.6 is 22.9 Å². The number of nitrogens with one attached hydrogen (secondary N) is 1. The van der Waals surface area contributed by atoms with E-state index < -0.39 is 5.82 Å². The third-order valence-corrected chi connectivity index (χ3v) is 3.82. The van der Waals surface area contributed by atoms with Gasteiger partial charge in [-0.1, -0.05) is 32.4 Å². The first-order valence-electron chi connectivity index (χ1n) is 6.00. The Bertz CT molecular complexity index is 575. The van der Waals surface area contributed by atoms with Gasteiger partial charge >= 0.3 is 0 Å². The molecule has 0 radical (unpaired) electrons. The van der Waals surface area contributed by atoms with Crippen LogP contribution in [0.15, 0.2) is 23.6 Å². The van der Waals surface area contributed by atoms with E-state index in [0.717, 1.165) is 16.4 Å². The van der Waals surface area contributed by atoms with Crippen molar-refractivity contribution in [3.8, 4) is 0 Å². The van der Waals surface area contributed by atoms with E-state index in [0.29, 0.717) is 6.54 Å². The lowest BCUT2D eigenvalue weighted by Gasteiger charge is -2.14. The zero-order chi connectivity index (χ0) is 14.0. The van der Waals surface area contributed by atoms with Crippen molar-refractivity contribution in [1.29, 1.82) is 0 Å². The highest BCUT2D eigenvalue weighted by molar-refractivity contribution is 7.09. The zero-order valence-electron chi connectivity index (χ0n) is 11.1. The minimum absolute atomic E-state index is 0.0634. The van der Waals surface area contributed by atoms with Crippen LogP contribution in [0.3, 0.4) is 0 Å².